The van der Waals surface area contributed by atoms with E-state index < -0.39 is 15.6 Å². The molecule has 0 atom stereocenters. The van der Waals surface area contributed by atoms with Crippen molar-refractivity contribution in [3.8, 4) is 0 Å². The summed E-state index contributed by atoms with van der Waals surface area (Å²) in [5.74, 6) is -0.492. The molecule has 0 radical (unpaired) electrons. The topological polar surface area (TPSA) is 64.1 Å². The molecule has 0 spiro atoms. The number of hydrogen-bond donors (Lipinski definition) is 0. The molecule has 4 nitrogen and oxygen atoms in total. The molecule has 0 saturated heterocycles. The third-order valence-electron chi connectivity index (χ3n) is 1.92. The number of Topliss-reactive ketones (excluding diaryl/α,β-unsaturated/α-hetero) is 1. The van der Waals surface area contributed by atoms with Crippen LogP contribution in [0.4, 0.5) is 0 Å². The fraction of sp³-hybridized carbons (Fsp3) is 0.333. The van der Waals surface area contributed by atoms with E-state index in [1.165, 1.54) is 19.1 Å². The highest BCUT2D eigenvalue weighted by atomic mass is 79.9. The van der Waals surface area contributed by atoms with Crippen molar-refractivity contribution in [3.63, 3.8) is 0 Å². The van der Waals surface area contributed by atoms with E-state index in [0.29, 0.717) is 0 Å². The Morgan fingerprint density at radius 1 is 1.50 bits per heavy atom. The van der Waals surface area contributed by atoms with Gasteiger partial charge in [-0.1, -0.05) is 34.5 Å². The Kier molecular flexibility index (Phi) is 4.46. The lowest BCUT2D eigenvalue weighted by atomic mass is 10.3. The van der Waals surface area contributed by atoms with Crippen molar-refractivity contribution in [1.29, 1.82) is 0 Å². The molecule has 0 fully saturated rings. The summed E-state index contributed by atoms with van der Waals surface area (Å²) in [6.45, 7) is 1.51. The first-order chi connectivity index (χ1) is 7.42. The fourth-order valence-electron chi connectivity index (χ4n) is 1.09. The van der Waals surface area contributed by atoms with Gasteiger partial charge in [-0.05, 0) is 12.1 Å². The fourth-order valence-corrected chi connectivity index (χ4v) is 2.55. The van der Waals surface area contributed by atoms with Gasteiger partial charge >= 0.3 is 0 Å². The number of pyridine rings is 1. The van der Waals surface area contributed by atoms with Crippen molar-refractivity contribution >= 4 is 43.2 Å². The number of carbonyl (C=O) groups is 1. The van der Waals surface area contributed by atoms with Crippen molar-refractivity contribution in [3.05, 3.63) is 23.0 Å². The minimum absolute atomic E-state index is 0.00652. The minimum Gasteiger partial charge on any atom is -0.291 e. The normalized spacial score (nSPS) is 11.4. The van der Waals surface area contributed by atoms with Crippen LogP contribution in [0.15, 0.2) is 17.0 Å². The lowest BCUT2D eigenvalue weighted by Crippen LogP contribution is -2.14. The van der Waals surface area contributed by atoms with Crippen LogP contribution in [0.25, 0.3) is 0 Å². The van der Waals surface area contributed by atoms with Crippen molar-refractivity contribution in [2.75, 3.05) is 11.1 Å². The Hall–Kier alpha value is -0.460. The lowest BCUT2D eigenvalue weighted by Gasteiger charge is -2.06. The highest BCUT2D eigenvalue weighted by Crippen LogP contribution is 2.19. The number of rotatable bonds is 4. The number of hydrogen-bond acceptors (Lipinski definition) is 4. The molecule has 0 unspecified atom stereocenters. The monoisotopic (exact) mass is 325 g/mol. The predicted octanol–water partition coefficient (Wildman–Crippen LogP) is 2.11. The molecule has 7 heteroatoms. The maximum absolute atomic E-state index is 11.7. The second kappa shape index (κ2) is 5.25. The molecule has 0 N–H and O–H groups in total. The van der Waals surface area contributed by atoms with Crippen molar-refractivity contribution in [2.45, 2.75) is 11.8 Å². The van der Waals surface area contributed by atoms with Crippen LogP contribution in [-0.2, 0) is 9.84 Å². The van der Waals surface area contributed by atoms with E-state index in [4.69, 9.17) is 11.6 Å². The highest BCUT2D eigenvalue weighted by Gasteiger charge is 2.22. The Labute approximate surface area is 107 Å². The Bertz CT molecular complexity index is 515. The zero-order chi connectivity index (χ0) is 12.3. The van der Waals surface area contributed by atoms with Gasteiger partial charge in [-0.25, -0.2) is 13.4 Å². The summed E-state index contributed by atoms with van der Waals surface area (Å²) in [5, 5.41) is 0.103. The van der Waals surface area contributed by atoms with E-state index in [9.17, 15) is 13.2 Å². The summed E-state index contributed by atoms with van der Waals surface area (Å²) < 4.78 is 23.4. The number of ketones is 1. The Morgan fingerprint density at radius 3 is 2.62 bits per heavy atom. The first-order valence-electron chi connectivity index (χ1n) is 4.41. The van der Waals surface area contributed by atoms with Gasteiger partial charge < -0.3 is 0 Å². The van der Waals surface area contributed by atoms with E-state index in [0.717, 1.165) is 0 Å². The Morgan fingerprint density at radius 2 is 2.12 bits per heavy atom. The molecule has 0 saturated carbocycles. The zero-order valence-corrected chi connectivity index (χ0v) is 11.6. The van der Waals surface area contributed by atoms with Gasteiger partial charge in [0.2, 0.25) is 0 Å². The van der Waals surface area contributed by atoms with Crippen LogP contribution in [0.3, 0.4) is 0 Å². The number of sulfone groups is 1. The van der Waals surface area contributed by atoms with Gasteiger partial charge in [0.25, 0.3) is 0 Å². The van der Waals surface area contributed by atoms with Crippen LogP contribution < -0.4 is 0 Å². The minimum atomic E-state index is -3.46. The summed E-state index contributed by atoms with van der Waals surface area (Å²) >= 11 is 8.61. The maximum Gasteiger partial charge on any atom is 0.193 e. The summed E-state index contributed by atoms with van der Waals surface area (Å²) in [5.41, 5.74) is -0.105. The molecule has 16 heavy (non-hydrogen) atoms. The van der Waals surface area contributed by atoms with Crippen LogP contribution in [0.2, 0.25) is 5.15 Å². The molecular weight excluding hydrogens is 318 g/mol. The van der Waals surface area contributed by atoms with E-state index in [2.05, 4.69) is 20.9 Å². The summed E-state index contributed by atoms with van der Waals surface area (Å²) in [6.07, 6.45) is 0. The van der Waals surface area contributed by atoms with Crippen LogP contribution >= 0.6 is 27.5 Å². The van der Waals surface area contributed by atoms with Gasteiger partial charge in [-0.2, -0.15) is 0 Å². The van der Waals surface area contributed by atoms with Crippen LogP contribution in [-0.4, -0.2) is 30.3 Å². The number of halogens is 2. The molecule has 1 heterocycles. The smallest absolute Gasteiger partial charge is 0.193 e. The van der Waals surface area contributed by atoms with Gasteiger partial charge in [0.15, 0.2) is 15.6 Å². The van der Waals surface area contributed by atoms with E-state index in [1.54, 1.807) is 0 Å². The van der Waals surface area contributed by atoms with Crippen LogP contribution in [0.1, 0.15) is 17.4 Å². The predicted molar refractivity (Wildman–Crippen MR) is 65.1 cm³/mol. The van der Waals surface area contributed by atoms with E-state index >= 15 is 0 Å². The molecule has 0 amide bonds. The first kappa shape index (κ1) is 13.6. The van der Waals surface area contributed by atoms with Crippen molar-refractivity contribution in [2.24, 2.45) is 0 Å². The second-order valence-corrected chi connectivity index (χ2v) is 6.14. The SMILES string of the molecule is CCS(=O)(=O)c1ccc(Cl)nc1C(=O)CBr. The van der Waals surface area contributed by atoms with Crippen LogP contribution in [0, 0.1) is 0 Å². The van der Waals surface area contributed by atoms with E-state index in [-0.39, 0.29) is 26.8 Å². The quantitative estimate of drug-likeness (QED) is 0.483. The number of nitrogens with zero attached hydrogens (tertiary/aromatic N) is 1. The molecule has 1 rings (SSSR count). The third kappa shape index (κ3) is 2.81. The maximum atomic E-state index is 11.7. The standard InChI is InChI=1S/C9H9BrClNO3S/c1-2-16(14,15)7-3-4-8(11)12-9(7)6(13)5-10/h3-4H,2,5H2,1H3. The average Bonchev–Trinajstić information content (AvgIpc) is 2.27. The molecule has 0 aliphatic carbocycles. The lowest BCUT2D eigenvalue weighted by molar-refractivity contribution is 0.101. The summed E-state index contributed by atoms with van der Waals surface area (Å²) in [6, 6.07) is 2.67. The molecule has 0 aliphatic heterocycles. The third-order valence-corrected chi connectivity index (χ3v) is 4.40. The zero-order valence-electron chi connectivity index (χ0n) is 8.41. The van der Waals surface area contributed by atoms with Crippen LogP contribution in [0.5, 0.6) is 0 Å². The van der Waals surface area contributed by atoms with Gasteiger partial charge in [0.05, 0.1) is 16.0 Å². The number of alkyl halides is 1. The molecule has 0 aromatic carbocycles. The van der Waals surface area contributed by atoms with Gasteiger partial charge in [0, 0.05) is 0 Å². The second-order valence-electron chi connectivity index (χ2n) is 2.94. The number of carbonyl (C=O) groups excluding carboxylic acids is 1. The molecule has 1 aromatic rings. The van der Waals surface area contributed by atoms with Gasteiger partial charge in [-0.15, -0.1) is 0 Å². The largest absolute Gasteiger partial charge is 0.291 e. The summed E-state index contributed by atoms with van der Waals surface area (Å²) in [4.78, 5) is 15.2. The highest BCUT2D eigenvalue weighted by molar-refractivity contribution is 9.09. The molecule has 0 aliphatic rings. The summed E-state index contributed by atoms with van der Waals surface area (Å²) in [7, 11) is -3.46. The van der Waals surface area contributed by atoms with Crippen molar-refractivity contribution in [1.82, 2.24) is 4.98 Å². The number of aromatic nitrogens is 1. The first-order valence-corrected chi connectivity index (χ1v) is 7.56. The average molecular weight is 327 g/mol. The molecule has 88 valence electrons. The van der Waals surface area contributed by atoms with Gasteiger partial charge in [0.1, 0.15) is 10.8 Å². The Balaban J connectivity index is 3.46. The molecule has 1 aromatic heterocycles. The molecular formula is C9H9BrClNO3S. The van der Waals surface area contributed by atoms with Crippen molar-refractivity contribution < 1.29 is 13.2 Å². The van der Waals surface area contributed by atoms with Gasteiger partial charge in [-0.3, -0.25) is 4.79 Å². The van der Waals surface area contributed by atoms with E-state index in [1.807, 2.05) is 0 Å². The molecule has 0 bridgehead atoms.